The Labute approximate surface area is 146 Å². The van der Waals surface area contributed by atoms with Gasteiger partial charge in [0, 0.05) is 12.6 Å². The molecule has 0 atom stereocenters. The summed E-state index contributed by atoms with van der Waals surface area (Å²) in [6, 6.07) is 11.7. The fraction of sp³-hybridized carbons (Fsp3) is 0.350. The topological polar surface area (TPSA) is 57.0 Å². The average Bonchev–Trinajstić information content (AvgIpc) is 3.23. The molecule has 3 aromatic rings. The van der Waals surface area contributed by atoms with Gasteiger partial charge in [0.1, 0.15) is 6.10 Å². The lowest BCUT2D eigenvalue weighted by Gasteiger charge is -2.13. The number of hydrogen-bond donors (Lipinski definition) is 0. The maximum absolute atomic E-state index is 12.9. The predicted molar refractivity (Wildman–Crippen MR) is 96.4 cm³/mol. The molecule has 0 unspecified atom stereocenters. The van der Waals surface area contributed by atoms with E-state index in [1.54, 1.807) is 4.68 Å². The van der Waals surface area contributed by atoms with Crippen molar-refractivity contribution in [2.75, 3.05) is 0 Å². The van der Waals surface area contributed by atoms with E-state index in [-0.39, 0.29) is 12.1 Å². The highest BCUT2D eigenvalue weighted by Gasteiger charge is 2.24. The van der Waals surface area contributed by atoms with Crippen molar-refractivity contribution in [1.29, 1.82) is 0 Å². The molecule has 5 nitrogen and oxygen atoms in total. The first-order chi connectivity index (χ1) is 12.1. The highest BCUT2D eigenvalue weighted by Crippen LogP contribution is 2.29. The second-order valence-corrected chi connectivity index (χ2v) is 6.64. The normalized spacial score (nSPS) is 15.0. The molecule has 1 fully saturated rings. The van der Waals surface area contributed by atoms with Gasteiger partial charge in [-0.3, -0.25) is 4.68 Å². The number of nitrogens with zero attached hydrogens (tertiary/aromatic N) is 3. The summed E-state index contributed by atoms with van der Waals surface area (Å²) in [5.41, 5.74) is 3.79. The Morgan fingerprint density at radius 2 is 1.92 bits per heavy atom. The third-order valence-electron chi connectivity index (χ3n) is 4.83. The number of carbonyl (C=O) groups excluding carboxylic acids is 1. The summed E-state index contributed by atoms with van der Waals surface area (Å²) in [5.74, 6) is -0.271. The van der Waals surface area contributed by atoms with Crippen LogP contribution in [0.4, 0.5) is 0 Å². The van der Waals surface area contributed by atoms with Crippen LogP contribution in [0.5, 0.6) is 0 Å². The van der Waals surface area contributed by atoms with Crippen molar-refractivity contribution in [2.24, 2.45) is 7.05 Å². The van der Waals surface area contributed by atoms with E-state index in [9.17, 15) is 4.79 Å². The van der Waals surface area contributed by atoms with Crippen LogP contribution in [0.3, 0.4) is 0 Å². The van der Waals surface area contributed by atoms with Crippen molar-refractivity contribution in [3.63, 3.8) is 0 Å². The molecule has 128 valence electrons. The number of aryl methyl sites for hydroxylation is 2. The first-order valence-electron chi connectivity index (χ1n) is 8.74. The van der Waals surface area contributed by atoms with Gasteiger partial charge in [-0.2, -0.15) is 5.10 Å². The van der Waals surface area contributed by atoms with Crippen LogP contribution in [-0.2, 0) is 11.8 Å². The summed E-state index contributed by atoms with van der Waals surface area (Å²) >= 11 is 0. The molecule has 25 heavy (non-hydrogen) atoms. The van der Waals surface area contributed by atoms with Gasteiger partial charge in [-0.15, -0.1) is 0 Å². The first kappa shape index (κ1) is 15.8. The molecule has 1 aromatic carbocycles. The summed E-state index contributed by atoms with van der Waals surface area (Å²) in [6.45, 7) is 1.90. The molecule has 0 amide bonds. The predicted octanol–water partition coefficient (Wildman–Crippen LogP) is 4.04. The van der Waals surface area contributed by atoms with Crippen molar-refractivity contribution in [3.8, 4) is 11.3 Å². The third kappa shape index (κ3) is 2.90. The molecule has 1 saturated carbocycles. The van der Waals surface area contributed by atoms with Crippen molar-refractivity contribution in [3.05, 3.63) is 47.7 Å². The molecule has 1 aliphatic carbocycles. The van der Waals surface area contributed by atoms with E-state index < -0.39 is 0 Å². The number of esters is 1. The zero-order valence-corrected chi connectivity index (χ0v) is 14.5. The highest BCUT2D eigenvalue weighted by atomic mass is 16.5. The standard InChI is InChI=1S/C20H21N3O2/c1-13-18-16(20(24)25-15-10-6-7-11-15)12-17(14-8-4-3-5-9-14)21-19(18)23(2)22-13/h3-5,8-9,12,15H,6-7,10-11H2,1-2H3. The van der Waals surface area contributed by atoms with E-state index in [1.165, 1.54) is 0 Å². The van der Waals surface area contributed by atoms with E-state index in [0.29, 0.717) is 11.2 Å². The molecule has 4 rings (SSSR count). The minimum absolute atomic E-state index is 0.0351. The smallest absolute Gasteiger partial charge is 0.339 e. The van der Waals surface area contributed by atoms with Gasteiger partial charge in [-0.05, 0) is 38.7 Å². The van der Waals surface area contributed by atoms with E-state index in [1.807, 2.05) is 50.4 Å². The number of fused-ring (bicyclic) bond motifs is 1. The van der Waals surface area contributed by atoms with Gasteiger partial charge in [-0.1, -0.05) is 30.3 Å². The number of aromatic nitrogens is 3. The first-order valence-corrected chi connectivity index (χ1v) is 8.74. The third-order valence-corrected chi connectivity index (χ3v) is 4.83. The van der Waals surface area contributed by atoms with Gasteiger partial charge >= 0.3 is 5.97 Å². The maximum atomic E-state index is 12.9. The Kier molecular flexibility index (Phi) is 3.99. The van der Waals surface area contributed by atoms with Gasteiger partial charge in [0.25, 0.3) is 0 Å². The van der Waals surface area contributed by atoms with E-state index in [2.05, 4.69) is 5.10 Å². The summed E-state index contributed by atoms with van der Waals surface area (Å²) in [7, 11) is 1.85. The lowest BCUT2D eigenvalue weighted by molar-refractivity contribution is 0.0320. The van der Waals surface area contributed by atoms with Gasteiger partial charge in [0.05, 0.1) is 22.3 Å². The summed E-state index contributed by atoms with van der Waals surface area (Å²) in [5, 5.41) is 5.23. The lowest BCUT2D eigenvalue weighted by atomic mass is 10.1. The molecule has 5 heteroatoms. The van der Waals surface area contributed by atoms with E-state index in [0.717, 1.165) is 48.0 Å². The van der Waals surface area contributed by atoms with Crippen LogP contribution in [0.25, 0.3) is 22.3 Å². The van der Waals surface area contributed by atoms with Crippen molar-refractivity contribution < 1.29 is 9.53 Å². The van der Waals surface area contributed by atoms with Crippen LogP contribution in [0, 0.1) is 6.92 Å². The molecule has 0 bridgehead atoms. The number of carbonyl (C=O) groups is 1. The molecule has 0 aliphatic heterocycles. The van der Waals surface area contributed by atoms with E-state index >= 15 is 0 Å². The van der Waals surface area contributed by atoms with Crippen molar-refractivity contribution in [1.82, 2.24) is 14.8 Å². The largest absolute Gasteiger partial charge is 0.459 e. The molecule has 0 saturated heterocycles. The highest BCUT2D eigenvalue weighted by molar-refractivity contribution is 6.05. The quantitative estimate of drug-likeness (QED) is 0.678. The molecular weight excluding hydrogens is 314 g/mol. The Hall–Kier alpha value is -2.69. The SMILES string of the molecule is Cc1nn(C)c2nc(-c3ccccc3)cc(C(=O)OC3CCCC3)c12. The molecule has 0 radical (unpaired) electrons. The monoisotopic (exact) mass is 335 g/mol. The second-order valence-electron chi connectivity index (χ2n) is 6.64. The number of pyridine rings is 1. The summed E-state index contributed by atoms with van der Waals surface area (Å²) < 4.78 is 7.48. The zero-order chi connectivity index (χ0) is 17.4. The maximum Gasteiger partial charge on any atom is 0.339 e. The molecule has 2 aromatic heterocycles. The summed E-state index contributed by atoms with van der Waals surface area (Å²) in [6.07, 6.45) is 4.21. The lowest BCUT2D eigenvalue weighted by Crippen LogP contribution is -2.15. The van der Waals surface area contributed by atoms with Gasteiger partial charge < -0.3 is 4.74 Å². The fourth-order valence-electron chi connectivity index (χ4n) is 3.58. The van der Waals surface area contributed by atoms with Gasteiger partial charge in [-0.25, -0.2) is 9.78 Å². The van der Waals surface area contributed by atoms with E-state index in [4.69, 9.17) is 9.72 Å². The van der Waals surface area contributed by atoms with Crippen LogP contribution in [0.2, 0.25) is 0 Å². The number of hydrogen-bond acceptors (Lipinski definition) is 4. The van der Waals surface area contributed by atoms with Gasteiger partial charge in [0.2, 0.25) is 0 Å². The Morgan fingerprint density at radius 3 is 2.64 bits per heavy atom. The van der Waals surface area contributed by atoms with Crippen molar-refractivity contribution in [2.45, 2.75) is 38.7 Å². The van der Waals surface area contributed by atoms with Crippen LogP contribution in [-0.4, -0.2) is 26.8 Å². The second kappa shape index (κ2) is 6.31. The van der Waals surface area contributed by atoms with Crippen molar-refractivity contribution >= 4 is 17.0 Å². The van der Waals surface area contributed by atoms with Gasteiger partial charge in [0.15, 0.2) is 5.65 Å². The number of ether oxygens (including phenoxy) is 1. The number of benzene rings is 1. The Balaban J connectivity index is 1.84. The minimum atomic E-state index is -0.271. The zero-order valence-electron chi connectivity index (χ0n) is 14.5. The molecular formula is C20H21N3O2. The fourth-order valence-corrected chi connectivity index (χ4v) is 3.58. The average molecular weight is 335 g/mol. The molecule has 2 heterocycles. The summed E-state index contributed by atoms with van der Waals surface area (Å²) in [4.78, 5) is 17.6. The number of rotatable bonds is 3. The van der Waals surface area contributed by atoms with Crippen LogP contribution >= 0.6 is 0 Å². The molecule has 0 spiro atoms. The van der Waals surface area contributed by atoms with Crippen LogP contribution in [0.15, 0.2) is 36.4 Å². The Bertz CT molecular complexity index is 925. The van der Waals surface area contributed by atoms with Crippen LogP contribution in [0.1, 0.15) is 41.7 Å². The van der Waals surface area contributed by atoms with Crippen LogP contribution < -0.4 is 0 Å². The minimum Gasteiger partial charge on any atom is -0.459 e. The molecule has 1 aliphatic rings. The Morgan fingerprint density at radius 1 is 1.20 bits per heavy atom. The molecule has 0 N–H and O–H groups in total.